The van der Waals surface area contributed by atoms with Crippen molar-refractivity contribution in [3.05, 3.63) is 103 Å². The molecule has 0 saturated carbocycles. The van der Waals surface area contributed by atoms with E-state index in [1.165, 1.54) is 37.3 Å². The fourth-order valence-electron chi connectivity index (χ4n) is 5.12. The van der Waals surface area contributed by atoms with Gasteiger partial charge < -0.3 is 52.0 Å². The maximum Gasteiger partial charge on any atom is 0.353 e. The van der Waals surface area contributed by atoms with Gasteiger partial charge >= 0.3 is 35.8 Å². The topological polar surface area (TPSA) is 360 Å². The van der Waals surface area contributed by atoms with E-state index in [0.717, 1.165) is 28.7 Å². The third-order valence-electron chi connectivity index (χ3n) is 8.44. The Bertz CT molecular complexity index is 2400. The molecule has 2 heterocycles. The number of esters is 2. The summed E-state index contributed by atoms with van der Waals surface area (Å²) in [7, 11) is 0. The van der Waals surface area contributed by atoms with E-state index in [2.05, 4.69) is 10.6 Å². The Kier molecular flexibility index (Phi) is 18.1. The summed E-state index contributed by atoms with van der Waals surface area (Å²) in [5, 5.41) is 54.5. The number of rotatable bonds is 20. The van der Waals surface area contributed by atoms with E-state index in [9.17, 15) is 42.7 Å². The molecule has 4 aromatic rings. The van der Waals surface area contributed by atoms with Crippen LogP contribution in [0.3, 0.4) is 0 Å². The van der Waals surface area contributed by atoms with Crippen molar-refractivity contribution in [1.29, 1.82) is 10.8 Å². The molecule has 2 amide bonds. The molecule has 63 heavy (non-hydrogen) atoms. The molecule has 0 radical (unpaired) electrons. The molecule has 0 saturated heterocycles. The summed E-state index contributed by atoms with van der Waals surface area (Å²) in [6.07, 6.45) is -1.09. The van der Waals surface area contributed by atoms with Crippen LogP contribution in [0.15, 0.2) is 66.7 Å². The lowest BCUT2D eigenvalue weighted by Crippen LogP contribution is -2.44. The van der Waals surface area contributed by atoms with E-state index < -0.39 is 90.2 Å². The minimum Gasteiger partial charge on any atom is -0.481 e. The molecule has 0 aliphatic rings. The second-order valence-electron chi connectivity index (χ2n) is 13.5. The number of carbonyl (C=O) groups is 8. The first-order valence-corrected chi connectivity index (χ1v) is 19.9. The number of aliphatic carboxylic acids is 4. The highest BCUT2D eigenvalue weighted by atomic mass is 32.1. The number of nitrogens with one attached hydrogen (secondary N) is 4. The molecule has 12 N–H and O–H groups in total. The molecule has 23 heteroatoms. The second-order valence-corrected chi connectivity index (χ2v) is 15.8. The van der Waals surface area contributed by atoms with Crippen molar-refractivity contribution in [3.8, 4) is 11.5 Å². The number of hydrogen-bond acceptors (Lipinski definition) is 14. The number of carbonyl (C=O) groups excluding carboxylic acids is 4. The van der Waals surface area contributed by atoms with Crippen molar-refractivity contribution in [2.75, 3.05) is 0 Å². The van der Waals surface area contributed by atoms with Crippen molar-refractivity contribution in [3.63, 3.8) is 0 Å². The highest BCUT2D eigenvalue weighted by Crippen LogP contribution is 2.25. The molecule has 0 fully saturated rings. The van der Waals surface area contributed by atoms with Crippen LogP contribution < -0.4 is 31.6 Å². The number of halogens is 1. The predicted octanol–water partition coefficient (Wildman–Crippen LogP) is 3.09. The van der Waals surface area contributed by atoms with Gasteiger partial charge in [0.25, 0.3) is 0 Å². The highest BCUT2D eigenvalue weighted by Gasteiger charge is 2.27. The molecule has 0 bridgehead atoms. The number of amides is 2. The van der Waals surface area contributed by atoms with Gasteiger partial charge in [-0.1, -0.05) is 13.8 Å². The quantitative estimate of drug-likeness (QED) is 0.0263. The zero-order valence-electron chi connectivity index (χ0n) is 33.2. The summed E-state index contributed by atoms with van der Waals surface area (Å²) in [5.41, 5.74) is 11.3. The van der Waals surface area contributed by atoms with Crippen LogP contribution >= 0.6 is 22.7 Å². The summed E-state index contributed by atoms with van der Waals surface area (Å²) >= 11 is 2.14. The first-order chi connectivity index (χ1) is 29.5. The van der Waals surface area contributed by atoms with Gasteiger partial charge in [-0.15, -0.1) is 22.7 Å². The molecule has 2 aromatic heterocycles. The molecule has 2 unspecified atom stereocenters. The van der Waals surface area contributed by atoms with Gasteiger partial charge in [-0.3, -0.25) is 30.0 Å². The Balaban J connectivity index is 0.000000335. The van der Waals surface area contributed by atoms with E-state index >= 15 is 0 Å². The Morgan fingerprint density at radius 2 is 1.05 bits per heavy atom. The van der Waals surface area contributed by atoms with Crippen LogP contribution in [0, 0.1) is 28.5 Å². The van der Waals surface area contributed by atoms with E-state index in [1.807, 2.05) is 0 Å². The summed E-state index contributed by atoms with van der Waals surface area (Å²) in [4.78, 5) is 94.4. The van der Waals surface area contributed by atoms with Crippen molar-refractivity contribution in [1.82, 2.24) is 10.6 Å². The first-order valence-electron chi connectivity index (χ1n) is 18.2. The van der Waals surface area contributed by atoms with Crippen LogP contribution in [0.25, 0.3) is 0 Å². The summed E-state index contributed by atoms with van der Waals surface area (Å²) in [6.45, 7) is 3.10. The van der Waals surface area contributed by atoms with Gasteiger partial charge in [-0.25, -0.2) is 23.6 Å². The third kappa shape index (κ3) is 15.8. The monoisotopic (exact) mass is 912 g/mol. The number of ether oxygens (including phenoxy) is 2. The normalized spacial score (nSPS) is 12.4. The fourth-order valence-corrected chi connectivity index (χ4v) is 7.15. The summed E-state index contributed by atoms with van der Waals surface area (Å²) in [5.74, 6) is -10.9. The number of hydrogen-bond donors (Lipinski definition) is 10. The van der Waals surface area contributed by atoms with Crippen LogP contribution in [0.1, 0.15) is 66.9 Å². The average molecular weight is 913 g/mol. The maximum atomic E-state index is 14.0. The molecule has 2 aromatic carbocycles. The lowest BCUT2D eigenvalue weighted by molar-refractivity contribution is -0.147. The molecule has 0 aliphatic heterocycles. The lowest BCUT2D eigenvalue weighted by Gasteiger charge is -2.16. The predicted molar refractivity (Wildman–Crippen MR) is 223 cm³/mol. The first kappa shape index (κ1) is 49.8. The molecule has 0 aliphatic carbocycles. The number of carboxylic acid groups (broad SMARTS) is 4. The van der Waals surface area contributed by atoms with E-state index in [0.29, 0.717) is 20.2 Å². The number of thiophene rings is 2. The zero-order chi connectivity index (χ0) is 47.1. The smallest absolute Gasteiger partial charge is 0.353 e. The number of nitrogen functional groups attached to an aromatic ring is 2. The van der Waals surface area contributed by atoms with Crippen LogP contribution in [0.4, 0.5) is 4.39 Å². The van der Waals surface area contributed by atoms with Crippen LogP contribution in [0.2, 0.25) is 0 Å². The highest BCUT2D eigenvalue weighted by molar-refractivity contribution is 7.14. The maximum absolute atomic E-state index is 14.0. The standard InChI is InChI=1S/C20H20FN3O7S.C20H21N3O7S/c1-9(18(27)24-13(19(28)29)8-16(25)26)6-11-3-5-15(32-11)20(30)31-14-4-2-10(17(22)23)7-12(14)21;1-10(18(26)23-14(19(27)28)9-16(24)25)8-13-6-7-15(31-13)20(29)30-12-4-2-11(3-5-12)17(21)22/h2-5,7,9,13H,6,8H2,1H3,(H3,22,23)(H,24,27)(H,25,26)(H,28,29);2-7,10,14H,8-9H2,1H3,(H3,21,22)(H,23,26)(H,24,25)(H,27,28)/t9?,13-;10?,14-/m11/s1. The largest absolute Gasteiger partial charge is 0.481 e. The fraction of sp³-hybridized carbons (Fsp3) is 0.250. The van der Waals surface area contributed by atoms with Crippen molar-refractivity contribution < 1.29 is 72.6 Å². The van der Waals surface area contributed by atoms with Crippen LogP contribution in [0.5, 0.6) is 11.5 Å². The van der Waals surface area contributed by atoms with Gasteiger partial charge in [-0.05, 0) is 79.6 Å². The van der Waals surface area contributed by atoms with Crippen molar-refractivity contribution in [2.45, 2.75) is 51.6 Å². The Labute approximate surface area is 364 Å². The minimum atomic E-state index is -1.55. The second kappa shape index (κ2) is 22.9. The Morgan fingerprint density at radius 1 is 0.635 bits per heavy atom. The van der Waals surface area contributed by atoms with E-state index in [-0.39, 0.29) is 46.5 Å². The van der Waals surface area contributed by atoms with Gasteiger partial charge in [-0.2, -0.15) is 0 Å². The molecule has 4 atom stereocenters. The third-order valence-corrected chi connectivity index (χ3v) is 10.6. The van der Waals surface area contributed by atoms with Crippen molar-refractivity contribution >= 4 is 82.0 Å². The number of carboxylic acids is 4. The van der Waals surface area contributed by atoms with Gasteiger partial charge in [0.05, 0.1) is 12.8 Å². The minimum absolute atomic E-state index is 0.100. The van der Waals surface area contributed by atoms with Crippen molar-refractivity contribution in [2.24, 2.45) is 23.3 Å². The molecule has 20 nitrogen and oxygen atoms in total. The molecule has 0 spiro atoms. The van der Waals surface area contributed by atoms with Crippen LogP contribution in [-0.4, -0.2) is 91.8 Å². The molecular weight excluding hydrogens is 872 g/mol. The van der Waals surface area contributed by atoms with E-state index in [1.54, 1.807) is 37.3 Å². The average Bonchev–Trinajstić information content (AvgIpc) is 3.88. The SMILES string of the molecule is CC(Cc1ccc(C(=O)Oc2ccc(C(=N)N)cc2)s1)C(=O)N[C@H](CC(=O)O)C(=O)O.CC(Cc1ccc(C(=O)Oc2ccc(C(=N)N)cc2F)s1)C(=O)N[C@H](CC(=O)O)C(=O)O. The Morgan fingerprint density at radius 3 is 1.43 bits per heavy atom. The summed E-state index contributed by atoms with van der Waals surface area (Å²) in [6, 6.07) is 12.8. The number of benzene rings is 2. The van der Waals surface area contributed by atoms with Gasteiger partial charge in [0.2, 0.25) is 11.8 Å². The van der Waals surface area contributed by atoms with Gasteiger partial charge in [0.15, 0.2) is 11.6 Å². The molecular formula is C40H41FN6O14S2. The number of nitrogens with two attached hydrogens (primary N) is 2. The van der Waals surface area contributed by atoms with E-state index in [4.69, 9.17) is 52.2 Å². The molecule has 334 valence electrons. The lowest BCUT2D eigenvalue weighted by atomic mass is 10.0. The zero-order valence-corrected chi connectivity index (χ0v) is 34.8. The number of amidine groups is 2. The van der Waals surface area contributed by atoms with Gasteiger partial charge in [0, 0.05) is 32.7 Å². The molecule has 4 rings (SSSR count). The van der Waals surface area contributed by atoms with Crippen LogP contribution in [-0.2, 0) is 41.6 Å². The van der Waals surface area contributed by atoms with Gasteiger partial charge in [0.1, 0.15) is 39.3 Å². The Hall–Kier alpha value is -7.53. The summed E-state index contributed by atoms with van der Waals surface area (Å²) < 4.78 is 24.4.